The van der Waals surface area contributed by atoms with Crippen LogP contribution >= 0.6 is 0 Å². The fourth-order valence-electron chi connectivity index (χ4n) is 6.60. The van der Waals surface area contributed by atoms with Gasteiger partial charge in [0.2, 0.25) is 0 Å². The minimum atomic E-state index is -2.73. The van der Waals surface area contributed by atoms with Crippen LogP contribution in [-0.2, 0) is 72.9 Å². The van der Waals surface area contributed by atoms with Gasteiger partial charge in [0.1, 0.15) is 0 Å². The van der Waals surface area contributed by atoms with E-state index in [0.29, 0.717) is 5.67 Å². The summed E-state index contributed by atoms with van der Waals surface area (Å²) in [6, 6.07) is 4.58. The van der Waals surface area contributed by atoms with Gasteiger partial charge in [0.15, 0.2) is 49.9 Å². The van der Waals surface area contributed by atoms with Crippen LogP contribution in [0.5, 0.6) is 0 Å². The van der Waals surface area contributed by atoms with E-state index in [1.165, 1.54) is 25.3 Å². The molecule has 0 unspecified atom stereocenters. The van der Waals surface area contributed by atoms with Gasteiger partial charge in [-0.05, 0) is 155 Å². The zero-order valence-electron chi connectivity index (χ0n) is 46.1. The molecule has 0 spiro atoms. The van der Waals surface area contributed by atoms with Gasteiger partial charge >= 0.3 is 34.7 Å². The van der Waals surface area contributed by atoms with Gasteiger partial charge in [-0.25, -0.2) is 0 Å². The van der Waals surface area contributed by atoms with Crippen LogP contribution in [-0.4, -0.2) is 141 Å². The van der Waals surface area contributed by atoms with E-state index in [-0.39, 0.29) is 28.5 Å². The summed E-state index contributed by atoms with van der Waals surface area (Å²) in [5, 5.41) is 0. The van der Waals surface area contributed by atoms with Gasteiger partial charge in [-0.3, -0.25) is 0 Å². The molecule has 0 aromatic carbocycles. The van der Waals surface area contributed by atoms with Crippen molar-refractivity contribution >= 4 is 84.6 Å². The minimum Gasteiger partial charge on any atom is -0.456 e. The van der Waals surface area contributed by atoms with Gasteiger partial charge in [-0.1, -0.05) is 41.0 Å². The summed E-state index contributed by atoms with van der Waals surface area (Å²) in [6.07, 6.45) is 3.69. The van der Waals surface area contributed by atoms with E-state index in [2.05, 4.69) is 139 Å². The predicted octanol–water partition coefficient (Wildman–Crippen LogP) is 13.1. The molecule has 0 saturated heterocycles. The van der Waals surface area contributed by atoms with E-state index in [9.17, 15) is 0 Å². The molecule has 0 heterocycles. The smallest absolute Gasteiger partial charge is 0.456 e. The molecule has 0 aliphatic carbocycles. The zero-order chi connectivity index (χ0) is 48.6. The molecule has 0 amide bonds. The fourth-order valence-corrected chi connectivity index (χ4v) is 54.0. The van der Waals surface area contributed by atoms with Crippen LogP contribution in [0.3, 0.4) is 0 Å². The Morgan fingerprint density at radius 1 is 0.381 bits per heavy atom. The predicted molar refractivity (Wildman–Crippen MR) is 289 cm³/mol. The quantitative estimate of drug-likeness (QED) is 0.0549. The van der Waals surface area contributed by atoms with Crippen LogP contribution in [0, 0.1) is 0 Å². The second-order valence-corrected chi connectivity index (χ2v) is 61.4. The Labute approximate surface area is 412 Å². The number of hydrogen-bond acceptors (Lipinski definition) is 12. The summed E-state index contributed by atoms with van der Waals surface area (Å²) in [6.45, 7) is 51.8. The summed E-state index contributed by atoms with van der Waals surface area (Å²) in [4.78, 5) is 0. The summed E-state index contributed by atoms with van der Waals surface area (Å²) < 4.78 is 70.4. The van der Waals surface area contributed by atoms with Gasteiger partial charge < -0.3 is 51.9 Å². The molecule has 0 bridgehead atoms. The fraction of sp³-hybridized carbons (Fsp3) is 1.00. The molecule has 0 fully saturated rings. The van der Waals surface area contributed by atoms with Crippen molar-refractivity contribution in [2.24, 2.45) is 0 Å². The molecule has 0 radical (unpaired) electrons. The molecule has 0 aliphatic heterocycles. The number of unbranched alkanes of at least 4 members (excludes halogenated alkanes) is 1. The second-order valence-electron chi connectivity index (χ2n) is 20.6. The van der Waals surface area contributed by atoms with Crippen molar-refractivity contribution in [3.8, 4) is 0 Å². The van der Waals surface area contributed by atoms with E-state index in [1.807, 2.05) is 6.92 Å². The third-order valence-electron chi connectivity index (χ3n) is 8.50. The average Bonchev–Trinajstić information content (AvgIpc) is 3.06. The van der Waals surface area contributed by atoms with Gasteiger partial charge in [0.25, 0.3) is 0 Å². The van der Waals surface area contributed by atoms with Crippen LogP contribution in [0.25, 0.3) is 0 Å². The standard InChI is InChI=1S/C22H62O5Si8.C7H20O6Si2.C6H14O.C3H8.CH4.Rf.W/c1-28(2,3)23-30(7,8)19-20-32(11,12)26-35(17,18)27-33(13,14)22-21-31(9,10)25-34(15,16)24-29(4,5)6;1-8-14(9-2,10-3)7-15(11-4,12-5)13-6;1-3-5-6-7-4-2;1-3-2;;;/h19-22H2,1-18H3;7H2,1-6H3;3-6H2,1-2H3;3H2,1-2H3;1H4;;. The van der Waals surface area contributed by atoms with E-state index in [0.717, 1.165) is 31.3 Å². The van der Waals surface area contributed by atoms with Crippen LogP contribution in [0.4, 0.5) is 0 Å². The van der Waals surface area contributed by atoms with Crippen molar-refractivity contribution in [2.75, 3.05) is 55.9 Å². The summed E-state index contributed by atoms with van der Waals surface area (Å²) in [7, 11) is -10.8. The zero-order valence-corrected chi connectivity index (χ0v) is 65.4. The van der Waals surface area contributed by atoms with Crippen LogP contribution in [0.15, 0.2) is 0 Å². The van der Waals surface area contributed by atoms with Crippen molar-refractivity contribution < 1.29 is 72.9 Å². The van der Waals surface area contributed by atoms with Gasteiger partial charge in [0.05, 0.1) is 5.67 Å². The Kier molecular flexibility index (Phi) is 44.2. The average molecular weight is 1500 g/mol. The number of ether oxygens (including phenoxy) is 1. The molecule has 0 aromatic heterocycles. The molecule has 63 heavy (non-hydrogen) atoms. The normalized spacial score (nSPS) is 13.1. The Morgan fingerprint density at radius 2 is 0.619 bits per heavy atom. The minimum absolute atomic E-state index is 0. The second kappa shape index (κ2) is 35.5. The monoisotopic (exact) mass is 1500 g/mol. The molecule has 24 heteroatoms. The van der Waals surface area contributed by atoms with Crippen LogP contribution in [0.1, 0.15) is 54.4 Å². The van der Waals surface area contributed by atoms with E-state index >= 15 is 0 Å². The maximum atomic E-state index is 6.91. The third-order valence-corrected chi connectivity index (χ3v) is 44.1. The van der Waals surface area contributed by atoms with Crippen molar-refractivity contribution in [2.45, 2.75) is 202 Å². The Hall–Kier alpha value is 1.38. The summed E-state index contributed by atoms with van der Waals surface area (Å²) in [5.41, 5.74) is 0.382. The topological polar surface area (TPSA) is 111 Å². The summed E-state index contributed by atoms with van der Waals surface area (Å²) in [5.74, 6) is 0. The molecule has 384 valence electrons. The van der Waals surface area contributed by atoms with Gasteiger partial charge in [0, 0.05) is 76.9 Å². The maximum Gasteiger partial charge on any atom is 0.504 e. The first kappa shape index (κ1) is 78.5. The first-order valence-electron chi connectivity index (χ1n) is 22.2. The van der Waals surface area contributed by atoms with Gasteiger partial charge in [-0.2, -0.15) is 0 Å². The molecule has 0 N–H and O–H groups in total. The Balaban J connectivity index is -0.000000184. The maximum absolute atomic E-state index is 6.91. The van der Waals surface area contributed by atoms with Crippen LogP contribution < -0.4 is 0 Å². The molecular weight excluding hydrogens is 1390 g/mol. The molecular formula is C39H108O12RfSi10W. The molecule has 0 saturated carbocycles. The van der Waals surface area contributed by atoms with Crippen molar-refractivity contribution in [3.05, 3.63) is 0 Å². The molecule has 12 nitrogen and oxygen atoms in total. The Morgan fingerprint density at radius 3 is 0.825 bits per heavy atom. The van der Waals surface area contributed by atoms with E-state index in [4.69, 9.17) is 51.9 Å². The first-order valence-corrected chi connectivity index (χ1v) is 51.0. The summed E-state index contributed by atoms with van der Waals surface area (Å²) >= 11 is 0. The van der Waals surface area contributed by atoms with Crippen molar-refractivity contribution in [1.82, 2.24) is 0 Å². The van der Waals surface area contributed by atoms with E-state index in [1.54, 1.807) is 42.7 Å². The number of rotatable bonds is 28. The molecule has 0 rings (SSSR count). The van der Waals surface area contributed by atoms with Crippen molar-refractivity contribution in [1.29, 1.82) is 0 Å². The molecule has 0 aromatic rings. The molecule has 0 aliphatic rings. The van der Waals surface area contributed by atoms with Gasteiger partial charge in [-0.15, -0.1) is 0 Å². The largest absolute Gasteiger partial charge is 0.504 e. The van der Waals surface area contributed by atoms with E-state index < -0.39 is 84.6 Å². The third kappa shape index (κ3) is 44.3. The SMILES string of the molecule is C.CCC.CCCCOCC.CO[Si](C[Si](OC)(OC)OC)(OC)OC.C[Si](C)(C)O[Si](C)(C)CC[Si](C)(C)O[Si](C)(C)O[Si](C)(C)CC[Si](C)(C)O[Si](C)(C)O[Si](C)(C)C.[Rf].[W]. The Bertz CT molecular complexity index is 1040. The number of hydrogen-bond donors (Lipinski definition) is 0. The molecule has 0 atom stereocenters. The first-order chi connectivity index (χ1) is 26.8. The van der Waals surface area contributed by atoms with Crippen molar-refractivity contribution in [3.63, 3.8) is 0 Å². The van der Waals surface area contributed by atoms with Crippen LogP contribution in [0.2, 0.25) is 148 Å².